The third-order valence-corrected chi connectivity index (χ3v) is 3.59. The zero-order valence-electron chi connectivity index (χ0n) is 10.6. The van der Waals surface area contributed by atoms with Crippen LogP contribution in [0.3, 0.4) is 0 Å². The standard InChI is InChI=1S/C14H8Cl2FN3O/c15-10-2-1-3-11(17)9(10)6-8-7-18-13-5-4-12(16)19-20(13)14(8)21/h1-5,7H,6H2. The van der Waals surface area contributed by atoms with Crippen LogP contribution >= 0.6 is 23.2 Å². The van der Waals surface area contributed by atoms with Crippen molar-refractivity contribution in [2.75, 3.05) is 0 Å². The molecule has 0 fully saturated rings. The topological polar surface area (TPSA) is 47.3 Å². The van der Waals surface area contributed by atoms with E-state index in [4.69, 9.17) is 23.2 Å². The molecule has 106 valence electrons. The molecule has 0 aliphatic carbocycles. The molecule has 7 heteroatoms. The zero-order chi connectivity index (χ0) is 15.0. The minimum absolute atomic E-state index is 0.0362. The molecule has 2 aromatic heterocycles. The molecule has 0 unspecified atom stereocenters. The fraction of sp³-hybridized carbons (Fsp3) is 0.0714. The predicted octanol–water partition coefficient (Wildman–Crippen LogP) is 3.13. The predicted molar refractivity (Wildman–Crippen MR) is 78.5 cm³/mol. The molecule has 1 aromatic carbocycles. The first-order chi connectivity index (χ1) is 10.1. The molecular weight excluding hydrogens is 316 g/mol. The average molecular weight is 324 g/mol. The highest BCUT2D eigenvalue weighted by Crippen LogP contribution is 2.21. The highest BCUT2D eigenvalue weighted by Gasteiger charge is 2.12. The summed E-state index contributed by atoms with van der Waals surface area (Å²) in [6.07, 6.45) is 1.44. The molecule has 21 heavy (non-hydrogen) atoms. The molecule has 2 heterocycles. The van der Waals surface area contributed by atoms with Gasteiger partial charge in [0.1, 0.15) is 11.0 Å². The molecule has 0 bridgehead atoms. The average Bonchev–Trinajstić information content (AvgIpc) is 2.46. The fourth-order valence-electron chi connectivity index (χ4n) is 1.99. The number of nitrogens with zero attached hydrogens (tertiary/aromatic N) is 3. The smallest absolute Gasteiger partial charge is 0.267 e. The number of benzene rings is 1. The zero-order valence-corrected chi connectivity index (χ0v) is 12.1. The Morgan fingerprint density at radius 1 is 1.19 bits per heavy atom. The summed E-state index contributed by atoms with van der Waals surface area (Å²) in [4.78, 5) is 16.5. The van der Waals surface area contributed by atoms with Gasteiger partial charge in [-0.2, -0.15) is 9.61 Å². The van der Waals surface area contributed by atoms with E-state index in [1.807, 2.05) is 0 Å². The second kappa shape index (κ2) is 5.42. The number of aromatic nitrogens is 3. The summed E-state index contributed by atoms with van der Waals surface area (Å²) in [5, 5.41) is 4.34. The summed E-state index contributed by atoms with van der Waals surface area (Å²) in [7, 11) is 0. The summed E-state index contributed by atoms with van der Waals surface area (Å²) in [5.74, 6) is -0.467. The lowest BCUT2D eigenvalue weighted by Gasteiger charge is -2.06. The van der Waals surface area contributed by atoms with Crippen LogP contribution in [0.2, 0.25) is 10.2 Å². The molecule has 3 rings (SSSR count). The molecule has 0 amide bonds. The van der Waals surface area contributed by atoms with Crippen LogP contribution in [-0.4, -0.2) is 14.6 Å². The third-order valence-electron chi connectivity index (χ3n) is 3.03. The molecular formula is C14H8Cl2FN3O. The van der Waals surface area contributed by atoms with E-state index in [1.54, 1.807) is 12.1 Å². The molecule has 0 radical (unpaired) electrons. The maximum atomic E-state index is 13.8. The van der Waals surface area contributed by atoms with Crippen molar-refractivity contribution in [1.29, 1.82) is 0 Å². The minimum Gasteiger partial charge on any atom is -0.267 e. The van der Waals surface area contributed by atoms with E-state index in [9.17, 15) is 9.18 Å². The van der Waals surface area contributed by atoms with Crippen molar-refractivity contribution >= 4 is 28.8 Å². The van der Waals surface area contributed by atoms with Crippen LogP contribution in [0.15, 0.2) is 41.3 Å². The minimum atomic E-state index is -0.467. The van der Waals surface area contributed by atoms with Crippen molar-refractivity contribution in [3.05, 3.63) is 74.0 Å². The first kappa shape index (κ1) is 14.0. The van der Waals surface area contributed by atoms with Crippen LogP contribution in [0.1, 0.15) is 11.1 Å². The van der Waals surface area contributed by atoms with Crippen molar-refractivity contribution < 1.29 is 4.39 Å². The Morgan fingerprint density at radius 2 is 2.00 bits per heavy atom. The lowest BCUT2D eigenvalue weighted by Crippen LogP contribution is -2.22. The van der Waals surface area contributed by atoms with E-state index in [0.717, 1.165) is 4.52 Å². The molecule has 0 aliphatic rings. The fourth-order valence-corrected chi connectivity index (χ4v) is 2.36. The quantitative estimate of drug-likeness (QED) is 0.728. The van der Waals surface area contributed by atoms with Crippen molar-refractivity contribution in [2.45, 2.75) is 6.42 Å². The van der Waals surface area contributed by atoms with Crippen molar-refractivity contribution in [2.24, 2.45) is 0 Å². The Hall–Kier alpha value is -1.98. The van der Waals surface area contributed by atoms with E-state index in [-0.39, 0.29) is 27.7 Å². The first-order valence-electron chi connectivity index (χ1n) is 6.02. The molecule has 0 spiro atoms. The summed E-state index contributed by atoms with van der Waals surface area (Å²) in [6.45, 7) is 0. The molecule has 4 nitrogen and oxygen atoms in total. The van der Waals surface area contributed by atoms with Crippen LogP contribution < -0.4 is 5.56 Å². The van der Waals surface area contributed by atoms with Crippen LogP contribution in [-0.2, 0) is 6.42 Å². The van der Waals surface area contributed by atoms with Crippen molar-refractivity contribution in [1.82, 2.24) is 14.6 Å². The van der Waals surface area contributed by atoms with Crippen LogP contribution in [0.5, 0.6) is 0 Å². The first-order valence-corrected chi connectivity index (χ1v) is 6.78. The van der Waals surface area contributed by atoms with E-state index in [0.29, 0.717) is 5.65 Å². The Bertz CT molecular complexity index is 875. The van der Waals surface area contributed by atoms with Crippen LogP contribution in [0.25, 0.3) is 5.65 Å². The van der Waals surface area contributed by atoms with Gasteiger partial charge in [0.2, 0.25) is 0 Å². The number of rotatable bonds is 2. The van der Waals surface area contributed by atoms with Gasteiger partial charge >= 0.3 is 0 Å². The number of hydrogen-bond donors (Lipinski definition) is 0. The summed E-state index contributed by atoms with van der Waals surface area (Å²) in [5.41, 5.74) is 0.504. The Kier molecular flexibility index (Phi) is 3.61. The van der Waals surface area contributed by atoms with E-state index in [1.165, 1.54) is 24.4 Å². The lowest BCUT2D eigenvalue weighted by atomic mass is 10.1. The van der Waals surface area contributed by atoms with Crippen LogP contribution in [0.4, 0.5) is 4.39 Å². The summed E-state index contributed by atoms with van der Waals surface area (Å²) >= 11 is 11.7. The molecule has 0 saturated heterocycles. The number of hydrogen-bond acceptors (Lipinski definition) is 3. The second-order valence-electron chi connectivity index (χ2n) is 4.39. The molecule has 0 aliphatic heterocycles. The van der Waals surface area contributed by atoms with Crippen molar-refractivity contribution in [3.8, 4) is 0 Å². The van der Waals surface area contributed by atoms with Gasteiger partial charge in [-0.3, -0.25) is 4.79 Å². The number of fused-ring (bicyclic) bond motifs is 1. The summed E-state index contributed by atoms with van der Waals surface area (Å²) < 4.78 is 14.9. The molecule has 0 atom stereocenters. The van der Waals surface area contributed by atoms with Gasteiger partial charge in [0, 0.05) is 28.8 Å². The maximum Gasteiger partial charge on any atom is 0.278 e. The Labute approximate surface area is 128 Å². The highest BCUT2D eigenvalue weighted by atomic mass is 35.5. The molecule has 0 N–H and O–H groups in total. The van der Waals surface area contributed by atoms with Gasteiger partial charge in [-0.15, -0.1) is 0 Å². The SMILES string of the molecule is O=c1c(Cc2c(F)cccc2Cl)cnc2ccc(Cl)nn12. The molecule has 3 aromatic rings. The van der Waals surface area contributed by atoms with Gasteiger partial charge in [-0.05, 0) is 24.3 Å². The lowest BCUT2D eigenvalue weighted by molar-refractivity contribution is 0.613. The van der Waals surface area contributed by atoms with E-state index >= 15 is 0 Å². The normalized spacial score (nSPS) is 11.0. The van der Waals surface area contributed by atoms with Gasteiger partial charge in [0.15, 0.2) is 5.65 Å². The third kappa shape index (κ3) is 2.62. The van der Waals surface area contributed by atoms with Crippen molar-refractivity contribution in [3.63, 3.8) is 0 Å². The summed E-state index contributed by atoms with van der Waals surface area (Å²) in [6, 6.07) is 7.49. The maximum absolute atomic E-state index is 13.8. The largest absolute Gasteiger partial charge is 0.278 e. The van der Waals surface area contributed by atoms with Crippen LogP contribution in [0, 0.1) is 5.82 Å². The van der Waals surface area contributed by atoms with E-state index < -0.39 is 11.4 Å². The monoisotopic (exact) mass is 323 g/mol. The van der Waals surface area contributed by atoms with Gasteiger partial charge in [0.05, 0.1) is 0 Å². The van der Waals surface area contributed by atoms with Gasteiger partial charge in [-0.25, -0.2) is 9.37 Å². The number of halogens is 3. The van der Waals surface area contributed by atoms with Gasteiger partial charge in [-0.1, -0.05) is 29.3 Å². The Morgan fingerprint density at radius 3 is 2.76 bits per heavy atom. The highest BCUT2D eigenvalue weighted by molar-refractivity contribution is 6.31. The molecule has 0 saturated carbocycles. The van der Waals surface area contributed by atoms with Gasteiger partial charge < -0.3 is 0 Å². The van der Waals surface area contributed by atoms with E-state index in [2.05, 4.69) is 10.1 Å². The Balaban J connectivity index is 2.14. The second-order valence-corrected chi connectivity index (χ2v) is 5.19. The van der Waals surface area contributed by atoms with Gasteiger partial charge in [0.25, 0.3) is 5.56 Å².